The van der Waals surface area contributed by atoms with E-state index < -0.39 is 18.2 Å². The molecule has 1 amide bonds. The first-order valence-corrected chi connectivity index (χ1v) is 27.0. The minimum atomic E-state index is -0.814. The predicted octanol–water partition coefficient (Wildman–Crippen LogP) is 16.4. The van der Waals surface area contributed by atoms with Crippen LogP contribution in [0.15, 0.2) is 60.8 Å². The number of esters is 1. The van der Waals surface area contributed by atoms with Gasteiger partial charge in [0.25, 0.3) is 0 Å². The number of hydrogen-bond acceptors (Lipinski definition) is 5. The topological polar surface area (TPSA) is 95.9 Å². The fourth-order valence-corrected chi connectivity index (χ4v) is 7.93. The predicted molar refractivity (Wildman–Crippen MR) is 273 cm³/mol. The molecule has 0 bridgehead atoms. The molecule has 3 N–H and O–H groups in total. The zero-order valence-electron chi connectivity index (χ0n) is 41.7. The van der Waals surface area contributed by atoms with Gasteiger partial charge >= 0.3 is 5.97 Å². The zero-order chi connectivity index (χ0) is 45.9. The molecule has 0 aromatic heterocycles. The van der Waals surface area contributed by atoms with Gasteiger partial charge in [0.1, 0.15) is 6.10 Å². The minimum Gasteiger partial charge on any atom is -0.458 e. The summed E-state index contributed by atoms with van der Waals surface area (Å²) in [5.74, 6) is -0.614. The van der Waals surface area contributed by atoms with E-state index in [1.165, 1.54) is 154 Å². The van der Waals surface area contributed by atoms with E-state index in [-0.39, 0.29) is 24.9 Å². The lowest BCUT2D eigenvalue weighted by atomic mass is 10.0. The molecule has 3 atom stereocenters. The molecule has 0 aliphatic rings. The molecule has 0 aromatic carbocycles. The van der Waals surface area contributed by atoms with Crippen LogP contribution in [0.2, 0.25) is 0 Å². The summed E-state index contributed by atoms with van der Waals surface area (Å²) in [4.78, 5) is 26.1. The van der Waals surface area contributed by atoms with Gasteiger partial charge in [0.05, 0.1) is 25.2 Å². The SMILES string of the molecule is CCCCC/C=C\C/C=C\C/C=C\CCCCCCCCC(=O)OC(/C=C/C/C=C\CCCCCCCC)CC(=O)NC(CO)C(O)CCCCCCCCCCCCCCCC. The number of ether oxygens (including phenoxy) is 1. The molecule has 0 spiro atoms. The molecule has 0 aliphatic carbocycles. The van der Waals surface area contributed by atoms with Crippen LogP contribution in [0.4, 0.5) is 0 Å². The molecule has 6 heteroatoms. The van der Waals surface area contributed by atoms with E-state index in [4.69, 9.17) is 4.74 Å². The number of carbonyl (C=O) groups excluding carboxylic acids is 2. The lowest BCUT2D eigenvalue weighted by Crippen LogP contribution is -2.46. The van der Waals surface area contributed by atoms with Crippen molar-refractivity contribution < 1.29 is 24.5 Å². The summed E-state index contributed by atoms with van der Waals surface area (Å²) in [6, 6.07) is -0.736. The van der Waals surface area contributed by atoms with Crippen molar-refractivity contribution in [2.75, 3.05) is 6.61 Å². The fraction of sp³-hybridized carbons (Fsp3) is 0.789. The van der Waals surface area contributed by atoms with E-state index in [0.29, 0.717) is 19.3 Å². The second-order valence-corrected chi connectivity index (χ2v) is 18.3. The summed E-state index contributed by atoms with van der Waals surface area (Å²) in [5.41, 5.74) is 0. The monoisotopic (exact) mass is 882 g/mol. The summed E-state index contributed by atoms with van der Waals surface area (Å²) in [6.07, 6.45) is 63.1. The maximum absolute atomic E-state index is 13.2. The molecule has 0 aromatic rings. The lowest BCUT2D eigenvalue weighted by Gasteiger charge is -2.23. The standard InChI is InChI=1S/C57H103NO5/c1-4-7-10-13-16-19-22-24-26-27-28-29-30-32-35-38-41-44-47-50-57(62)63-53(48-45-42-39-36-33-21-18-15-12-9-6-3)51-56(61)58-54(52-59)55(60)49-46-43-40-37-34-31-25-23-20-17-14-11-8-5-2/h16,19,24,26,28-29,36,39,45,48,53-55,59-60H,4-15,17-18,20-23,25,27,30-35,37-38,40-44,46-47,49-52H2,1-3H3,(H,58,61)/b19-16-,26-24-,29-28-,39-36-,48-45+. The van der Waals surface area contributed by atoms with Crippen LogP contribution >= 0.6 is 0 Å². The van der Waals surface area contributed by atoms with E-state index in [1.54, 1.807) is 0 Å². The highest BCUT2D eigenvalue weighted by Gasteiger charge is 2.23. The van der Waals surface area contributed by atoms with Gasteiger partial charge in [-0.15, -0.1) is 0 Å². The van der Waals surface area contributed by atoms with E-state index in [1.807, 2.05) is 12.2 Å². The molecule has 0 fully saturated rings. The van der Waals surface area contributed by atoms with Crippen molar-refractivity contribution in [1.29, 1.82) is 0 Å². The van der Waals surface area contributed by atoms with Gasteiger partial charge in [-0.3, -0.25) is 9.59 Å². The van der Waals surface area contributed by atoms with Crippen molar-refractivity contribution in [3.63, 3.8) is 0 Å². The Labute approximate surface area is 390 Å². The van der Waals surface area contributed by atoms with Gasteiger partial charge in [-0.2, -0.15) is 0 Å². The molecule has 0 rings (SSSR count). The number of hydrogen-bond donors (Lipinski definition) is 3. The fourth-order valence-electron chi connectivity index (χ4n) is 7.93. The Morgan fingerprint density at radius 1 is 0.476 bits per heavy atom. The first kappa shape index (κ1) is 60.6. The maximum Gasteiger partial charge on any atom is 0.306 e. The van der Waals surface area contributed by atoms with Gasteiger partial charge in [0.15, 0.2) is 0 Å². The van der Waals surface area contributed by atoms with Gasteiger partial charge in [0, 0.05) is 6.42 Å². The molecule has 366 valence electrons. The van der Waals surface area contributed by atoms with Crippen LogP contribution in [0.1, 0.15) is 265 Å². The lowest BCUT2D eigenvalue weighted by molar-refractivity contribution is -0.148. The van der Waals surface area contributed by atoms with Gasteiger partial charge < -0.3 is 20.3 Å². The molecular weight excluding hydrogens is 779 g/mol. The number of aliphatic hydroxyl groups excluding tert-OH is 2. The van der Waals surface area contributed by atoms with Gasteiger partial charge in [-0.05, 0) is 76.7 Å². The molecule has 0 heterocycles. The number of carbonyl (C=O) groups is 2. The summed E-state index contributed by atoms with van der Waals surface area (Å²) >= 11 is 0. The van der Waals surface area contributed by atoms with Crippen molar-refractivity contribution in [2.24, 2.45) is 0 Å². The van der Waals surface area contributed by atoms with Crippen LogP contribution in [0.5, 0.6) is 0 Å². The molecular formula is C57H103NO5. The third-order valence-corrected chi connectivity index (χ3v) is 12.1. The summed E-state index contributed by atoms with van der Waals surface area (Å²) < 4.78 is 5.83. The molecule has 0 saturated carbocycles. The number of aliphatic hydroxyl groups is 2. The van der Waals surface area contributed by atoms with Crippen LogP contribution in [-0.2, 0) is 14.3 Å². The largest absolute Gasteiger partial charge is 0.458 e. The number of nitrogens with one attached hydrogen (secondary N) is 1. The number of amides is 1. The van der Waals surface area contributed by atoms with Crippen molar-refractivity contribution in [3.8, 4) is 0 Å². The molecule has 0 saturated heterocycles. The molecule has 63 heavy (non-hydrogen) atoms. The Morgan fingerprint density at radius 3 is 1.30 bits per heavy atom. The van der Waals surface area contributed by atoms with Crippen LogP contribution in [0, 0.1) is 0 Å². The Kier molecular flexibility index (Phi) is 48.6. The van der Waals surface area contributed by atoms with Crippen molar-refractivity contribution in [2.45, 2.75) is 283 Å². The summed E-state index contributed by atoms with van der Waals surface area (Å²) in [5, 5.41) is 23.7. The quantitative estimate of drug-likeness (QED) is 0.0321. The molecule has 6 nitrogen and oxygen atoms in total. The Hall–Kier alpha value is -2.44. The second kappa shape index (κ2) is 50.6. The Bertz CT molecular complexity index is 1130. The second-order valence-electron chi connectivity index (χ2n) is 18.3. The van der Waals surface area contributed by atoms with E-state index >= 15 is 0 Å². The van der Waals surface area contributed by atoms with Crippen molar-refractivity contribution in [1.82, 2.24) is 5.32 Å². The third kappa shape index (κ3) is 45.9. The first-order chi connectivity index (χ1) is 31.0. The molecule has 0 aliphatic heterocycles. The smallest absolute Gasteiger partial charge is 0.306 e. The third-order valence-electron chi connectivity index (χ3n) is 12.1. The van der Waals surface area contributed by atoms with Crippen molar-refractivity contribution in [3.05, 3.63) is 60.8 Å². The van der Waals surface area contributed by atoms with E-state index in [0.717, 1.165) is 64.2 Å². The molecule has 3 unspecified atom stereocenters. The average Bonchev–Trinajstić information content (AvgIpc) is 3.28. The summed E-state index contributed by atoms with van der Waals surface area (Å²) in [6.45, 7) is 6.42. The highest BCUT2D eigenvalue weighted by molar-refractivity contribution is 5.78. The number of unbranched alkanes of at least 4 members (excludes halogenated alkanes) is 28. The Balaban J connectivity index is 4.58. The van der Waals surface area contributed by atoms with Gasteiger partial charge in [0.2, 0.25) is 5.91 Å². The van der Waals surface area contributed by atoms with Crippen LogP contribution < -0.4 is 5.32 Å². The van der Waals surface area contributed by atoms with E-state index in [9.17, 15) is 19.8 Å². The van der Waals surface area contributed by atoms with Gasteiger partial charge in [-0.25, -0.2) is 0 Å². The Morgan fingerprint density at radius 2 is 0.841 bits per heavy atom. The van der Waals surface area contributed by atoms with Crippen molar-refractivity contribution >= 4 is 11.9 Å². The highest BCUT2D eigenvalue weighted by atomic mass is 16.5. The number of allylic oxidation sites excluding steroid dienone is 9. The highest BCUT2D eigenvalue weighted by Crippen LogP contribution is 2.16. The van der Waals surface area contributed by atoms with Crippen LogP contribution in [0.25, 0.3) is 0 Å². The maximum atomic E-state index is 13.2. The average molecular weight is 882 g/mol. The van der Waals surface area contributed by atoms with Crippen LogP contribution in [-0.4, -0.2) is 46.9 Å². The first-order valence-electron chi connectivity index (χ1n) is 27.0. The minimum absolute atomic E-state index is 0.0347. The number of rotatable bonds is 48. The van der Waals surface area contributed by atoms with Crippen LogP contribution in [0.3, 0.4) is 0 Å². The normalized spacial score (nSPS) is 13.7. The van der Waals surface area contributed by atoms with Gasteiger partial charge in [-0.1, -0.05) is 236 Å². The van der Waals surface area contributed by atoms with E-state index in [2.05, 4.69) is 74.7 Å². The molecule has 0 radical (unpaired) electrons. The zero-order valence-corrected chi connectivity index (χ0v) is 41.7. The summed E-state index contributed by atoms with van der Waals surface area (Å²) in [7, 11) is 0.